The SMILES string of the molecule is CC(=O)Oc1ccc(C(CC(C)(C)C)C(C)(C)C)cc1.CC1CC2CC(C)C(C)(OC(=O)C(C)(C(C)(C)C)C(C)(C)C)C(C1)C2. The van der Waals surface area contributed by atoms with Crippen molar-refractivity contribution in [2.75, 3.05) is 0 Å². The third kappa shape index (κ3) is 9.60. The Hall–Kier alpha value is -1.84. The van der Waals surface area contributed by atoms with Gasteiger partial charge in [-0.1, -0.05) is 109 Å². The maximum Gasteiger partial charge on any atom is 0.313 e. The number of carbonyl (C=O) groups excluding carboxylic acids is 2. The Labute approximate surface area is 278 Å². The molecule has 0 aliphatic heterocycles. The summed E-state index contributed by atoms with van der Waals surface area (Å²) in [6, 6.07) is 7.94. The van der Waals surface area contributed by atoms with Gasteiger partial charge in [-0.2, -0.15) is 0 Å². The first-order valence-electron chi connectivity index (χ1n) is 17.6. The van der Waals surface area contributed by atoms with E-state index in [1.165, 1.54) is 38.2 Å². The molecule has 2 aliphatic rings. The molecule has 2 saturated carbocycles. The second-order valence-electron chi connectivity index (χ2n) is 19.6. The van der Waals surface area contributed by atoms with Crippen molar-refractivity contribution in [1.29, 1.82) is 0 Å². The van der Waals surface area contributed by atoms with Gasteiger partial charge >= 0.3 is 11.9 Å². The van der Waals surface area contributed by atoms with E-state index in [0.717, 1.165) is 18.3 Å². The molecule has 45 heavy (non-hydrogen) atoms. The normalized spacial score (nSPS) is 26.7. The Kier molecular flexibility index (Phi) is 12.0. The molecule has 0 heterocycles. The number of hydrogen-bond acceptors (Lipinski definition) is 4. The number of hydrogen-bond donors (Lipinski definition) is 0. The summed E-state index contributed by atoms with van der Waals surface area (Å²) in [5.74, 6) is 3.35. The van der Waals surface area contributed by atoms with E-state index in [-0.39, 0.29) is 39.2 Å². The van der Waals surface area contributed by atoms with E-state index in [1.807, 2.05) is 12.1 Å². The van der Waals surface area contributed by atoms with Crippen LogP contribution in [0.3, 0.4) is 0 Å². The molecule has 0 N–H and O–H groups in total. The molecule has 0 saturated heterocycles. The summed E-state index contributed by atoms with van der Waals surface area (Å²) >= 11 is 0. The molecule has 3 rings (SSSR count). The van der Waals surface area contributed by atoms with Crippen LogP contribution in [0.4, 0.5) is 0 Å². The van der Waals surface area contributed by atoms with Gasteiger partial charge in [-0.3, -0.25) is 9.59 Å². The van der Waals surface area contributed by atoms with Crippen molar-refractivity contribution in [3.63, 3.8) is 0 Å². The van der Waals surface area contributed by atoms with Crippen molar-refractivity contribution in [2.24, 2.45) is 50.7 Å². The second-order valence-corrected chi connectivity index (χ2v) is 19.6. The van der Waals surface area contributed by atoms with Crippen LogP contribution in [-0.2, 0) is 14.3 Å². The molecule has 0 radical (unpaired) electrons. The fourth-order valence-electron chi connectivity index (χ4n) is 8.24. The average molecular weight is 627 g/mol. The van der Waals surface area contributed by atoms with E-state index in [9.17, 15) is 9.59 Å². The van der Waals surface area contributed by atoms with Crippen LogP contribution in [0.25, 0.3) is 0 Å². The summed E-state index contributed by atoms with van der Waals surface area (Å²) in [6.07, 6.45) is 6.12. The maximum atomic E-state index is 13.6. The lowest BCUT2D eigenvalue weighted by molar-refractivity contribution is -0.209. The lowest BCUT2D eigenvalue weighted by atomic mass is 9.54. The topological polar surface area (TPSA) is 52.6 Å². The molecule has 4 heteroatoms. The van der Waals surface area contributed by atoms with Crippen molar-refractivity contribution in [2.45, 2.75) is 161 Å². The van der Waals surface area contributed by atoms with Gasteiger partial charge in [-0.25, -0.2) is 0 Å². The molecule has 2 fully saturated rings. The minimum atomic E-state index is -0.528. The highest BCUT2D eigenvalue weighted by molar-refractivity contribution is 5.79. The third-order valence-electron chi connectivity index (χ3n) is 11.6. The Morgan fingerprint density at radius 3 is 1.73 bits per heavy atom. The zero-order chi connectivity index (χ0) is 35.0. The molecule has 1 aromatic carbocycles. The summed E-state index contributed by atoms with van der Waals surface area (Å²) in [6.45, 7) is 37.1. The van der Waals surface area contributed by atoms with Gasteiger partial charge < -0.3 is 9.47 Å². The fourth-order valence-corrected chi connectivity index (χ4v) is 8.24. The third-order valence-corrected chi connectivity index (χ3v) is 11.6. The zero-order valence-electron chi connectivity index (χ0n) is 32.4. The molecule has 258 valence electrons. The van der Waals surface area contributed by atoms with Gasteiger partial charge in [0, 0.05) is 6.92 Å². The fraction of sp³-hybridized carbons (Fsp3) is 0.805. The van der Waals surface area contributed by atoms with Crippen LogP contribution in [0.1, 0.15) is 161 Å². The van der Waals surface area contributed by atoms with E-state index in [4.69, 9.17) is 9.47 Å². The van der Waals surface area contributed by atoms with Crippen LogP contribution in [0, 0.1) is 50.7 Å². The van der Waals surface area contributed by atoms with Gasteiger partial charge in [0.1, 0.15) is 11.4 Å². The van der Waals surface area contributed by atoms with E-state index in [1.54, 1.807) is 0 Å². The van der Waals surface area contributed by atoms with Crippen LogP contribution in [0.5, 0.6) is 5.75 Å². The van der Waals surface area contributed by atoms with E-state index in [0.29, 0.717) is 23.5 Å². The summed E-state index contributed by atoms with van der Waals surface area (Å²) in [5.41, 5.74) is 0.643. The lowest BCUT2D eigenvalue weighted by Gasteiger charge is -2.55. The summed E-state index contributed by atoms with van der Waals surface area (Å²) in [4.78, 5) is 24.6. The van der Waals surface area contributed by atoms with Crippen molar-refractivity contribution >= 4 is 11.9 Å². The van der Waals surface area contributed by atoms with Crippen LogP contribution >= 0.6 is 0 Å². The van der Waals surface area contributed by atoms with Gasteiger partial charge in [0.2, 0.25) is 0 Å². The minimum Gasteiger partial charge on any atom is -0.458 e. The van der Waals surface area contributed by atoms with E-state index < -0.39 is 5.41 Å². The summed E-state index contributed by atoms with van der Waals surface area (Å²) in [5, 5.41) is 0. The predicted octanol–water partition coefficient (Wildman–Crippen LogP) is 11.7. The van der Waals surface area contributed by atoms with Crippen molar-refractivity contribution in [3.8, 4) is 5.75 Å². The molecule has 0 aromatic heterocycles. The van der Waals surface area contributed by atoms with E-state index >= 15 is 0 Å². The van der Waals surface area contributed by atoms with Crippen molar-refractivity contribution < 1.29 is 19.1 Å². The Balaban J connectivity index is 0.000000322. The van der Waals surface area contributed by atoms with Gasteiger partial charge in [-0.15, -0.1) is 0 Å². The Bertz CT molecular complexity index is 1120. The van der Waals surface area contributed by atoms with Crippen molar-refractivity contribution in [3.05, 3.63) is 29.8 Å². The Morgan fingerprint density at radius 2 is 1.31 bits per heavy atom. The second kappa shape index (κ2) is 13.7. The van der Waals surface area contributed by atoms with Gasteiger partial charge in [0.05, 0.1) is 5.41 Å². The molecular formula is C41H70O4. The lowest BCUT2D eigenvalue weighted by Crippen LogP contribution is -2.57. The summed E-state index contributed by atoms with van der Waals surface area (Å²) < 4.78 is 11.6. The largest absolute Gasteiger partial charge is 0.458 e. The molecule has 0 amide bonds. The molecule has 4 nitrogen and oxygen atoms in total. The van der Waals surface area contributed by atoms with E-state index in [2.05, 4.69) is 123 Å². The highest BCUT2D eigenvalue weighted by atomic mass is 16.6. The first kappa shape index (κ1) is 39.3. The first-order valence-corrected chi connectivity index (χ1v) is 17.6. The molecule has 2 bridgehead atoms. The van der Waals surface area contributed by atoms with Gasteiger partial charge in [0.25, 0.3) is 0 Å². The van der Waals surface area contributed by atoms with Crippen LogP contribution in [-0.4, -0.2) is 17.5 Å². The molecule has 6 unspecified atom stereocenters. The van der Waals surface area contributed by atoms with Crippen LogP contribution < -0.4 is 4.74 Å². The quantitative estimate of drug-likeness (QED) is 0.241. The molecular weight excluding hydrogens is 556 g/mol. The smallest absolute Gasteiger partial charge is 0.313 e. The average Bonchev–Trinajstić information content (AvgIpc) is 2.83. The van der Waals surface area contributed by atoms with Gasteiger partial charge in [0.15, 0.2) is 0 Å². The number of fused-ring (bicyclic) bond motifs is 2. The number of ether oxygens (including phenoxy) is 2. The van der Waals surface area contributed by atoms with Crippen molar-refractivity contribution in [1.82, 2.24) is 0 Å². The zero-order valence-corrected chi connectivity index (χ0v) is 32.4. The molecule has 1 aromatic rings. The number of rotatable bonds is 5. The number of carbonyl (C=O) groups is 2. The van der Waals surface area contributed by atoms with Gasteiger partial charge in [-0.05, 0) is 115 Å². The summed E-state index contributed by atoms with van der Waals surface area (Å²) in [7, 11) is 0. The predicted molar refractivity (Wildman–Crippen MR) is 189 cm³/mol. The Morgan fingerprint density at radius 1 is 0.800 bits per heavy atom. The molecule has 0 spiro atoms. The van der Waals surface area contributed by atoms with Crippen LogP contribution in [0.15, 0.2) is 24.3 Å². The monoisotopic (exact) mass is 627 g/mol. The first-order chi connectivity index (χ1) is 20.1. The maximum absolute atomic E-state index is 13.6. The highest BCUT2D eigenvalue weighted by Crippen LogP contribution is 2.56. The molecule has 2 aliphatic carbocycles. The standard InChI is InChI=1S/C23H42O2.C18H28O2/c1-15-11-17-13-16(2)22(9,18(12-15)14-17)25-19(24)23(10,20(3,4)5)21(6,7)8;1-13(19)20-15-10-8-14(9-11-15)16(18(5,6)7)12-17(2,3)4/h15-18H,11-14H2,1-10H3;8-11,16H,12H2,1-7H3. The minimum absolute atomic E-state index is 0.00136. The molecule has 6 atom stereocenters. The number of benzene rings is 1. The van der Waals surface area contributed by atoms with Crippen LogP contribution in [0.2, 0.25) is 0 Å². The highest BCUT2D eigenvalue weighted by Gasteiger charge is 2.57. The number of esters is 2.